The van der Waals surface area contributed by atoms with Crippen LogP contribution in [0.5, 0.6) is 0 Å². The van der Waals surface area contributed by atoms with Crippen LogP contribution in [0.4, 0.5) is 5.82 Å². The zero-order valence-corrected chi connectivity index (χ0v) is 10.4. The van der Waals surface area contributed by atoms with Gasteiger partial charge in [-0.1, -0.05) is 0 Å². The van der Waals surface area contributed by atoms with Crippen LogP contribution in [0.1, 0.15) is 5.69 Å². The summed E-state index contributed by atoms with van der Waals surface area (Å²) in [5, 5.41) is 0. The summed E-state index contributed by atoms with van der Waals surface area (Å²) in [5.41, 5.74) is 2.97. The van der Waals surface area contributed by atoms with Crippen molar-refractivity contribution in [2.45, 2.75) is 6.54 Å². The molecule has 0 bridgehead atoms. The van der Waals surface area contributed by atoms with Crippen molar-refractivity contribution < 1.29 is 0 Å². The number of nitrogens with zero attached hydrogens (tertiary/aromatic N) is 3. The van der Waals surface area contributed by atoms with Gasteiger partial charge >= 0.3 is 0 Å². The molecule has 17 heavy (non-hydrogen) atoms. The van der Waals surface area contributed by atoms with Crippen molar-refractivity contribution in [1.29, 1.82) is 0 Å². The van der Waals surface area contributed by atoms with Gasteiger partial charge in [0.1, 0.15) is 0 Å². The molecular weight excluding hydrogens is 286 g/mol. The van der Waals surface area contributed by atoms with Crippen LogP contribution in [-0.2, 0) is 6.54 Å². The van der Waals surface area contributed by atoms with E-state index in [1.165, 1.54) is 6.20 Å². The highest BCUT2D eigenvalue weighted by atomic mass is 79.9. The summed E-state index contributed by atoms with van der Waals surface area (Å²) in [7, 11) is 0. The molecule has 3 N–H and O–H groups in total. The van der Waals surface area contributed by atoms with Crippen LogP contribution < -0.4 is 16.8 Å². The van der Waals surface area contributed by atoms with E-state index in [-0.39, 0.29) is 5.56 Å². The first-order valence-corrected chi connectivity index (χ1v) is 5.62. The van der Waals surface area contributed by atoms with Gasteiger partial charge in [-0.3, -0.25) is 9.78 Å². The number of hydrogen-bond donors (Lipinski definition) is 2. The minimum atomic E-state index is -0.102. The molecule has 0 aliphatic rings. The quantitative estimate of drug-likeness (QED) is 0.644. The van der Waals surface area contributed by atoms with E-state index >= 15 is 0 Å². The molecule has 0 spiro atoms. The van der Waals surface area contributed by atoms with E-state index in [0.717, 1.165) is 0 Å². The number of halogens is 1. The lowest BCUT2D eigenvalue weighted by molar-refractivity contribution is 0.731. The lowest BCUT2D eigenvalue weighted by atomic mass is 10.4. The summed E-state index contributed by atoms with van der Waals surface area (Å²) in [6, 6.07) is 3.49. The molecular formula is C10H10BrN5O. The largest absolute Gasteiger partial charge is 0.309 e. The van der Waals surface area contributed by atoms with Crippen molar-refractivity contribution in [1.82, 2.24) is 14.5 Å². The number of aromatic nitrogens is 3. The Labute approximate surface area is 106 Å². The highest BCUT2D eigenvalue weighted by Gasteiger charge is 2.02. The van der Waals surface area contributed by atoms with Gasteiger partial charge in [0.05, 0.1) is 29.1 Å². The fourth-order valence-electron chi connectivity index (χ4n) is 1.32. The Hall–Kier alpha value is -1.73. The number of hydrazine groups is 1. The molecule has 0 amide bonds. The number of pyridine rings is 1. The van der Waals surface area contributed by atoms with Gasteiger partial charge in [-0.15, -0.1) is 0 Å². The maximum Gasteiger partial charge on any atom is 0.265 e. The predicted octanol–water partition coefficient (Wildman–Crippen LogP) is 0.735. The molecule has 2 aromatic heterocycles. The van der Waals surface area contributed by atoms with Gasteiger partial charge in [0.2, 0.25) is 0 Å². The molecule has 0 unspecified atom stereocenters. The maximum absolute atomic E-state index is 11.7. The normalized spacial score (nSPS) is 10.2. The lowest BCUT2D eigenvalue weighted by Gasteiger charge is -2.05. The Morgan fingerprint density at radius 3 is 2.88 bits per heavy atom. The van der Waals surface area contributed by atoms with Gasteiger partial charge in [-0.05, 0) is 28.1 Å². The molecule has 2 rings (SSSR count). The standard InChI is InChI=1S/C10H10BrN5O/c11-8-2-1-3-16(10(8)17)6-7-4-14-9(15-12)5-13-7/h1-5H,6,12H2,(H,14,15). The third kappa shape index (κ3) is 2.69. The summed E-state index contributed by atoms with van der Waals surface area (Å²) in [4.78, 5) is 19.9. The highest BCUT2D eigenvalue weighted by Crippen LogP contribution is 2.03. The van der Waals surface area contributed by atoms with Crippen molar-refractivity contribution in [3.63, 3.8) is 0 Å². The number of hydrogen-bond acceptors (Lipinski definition) is 5. The smallest absolute Gasteiger partial charge is 0.265 e. The molecule has 2 aromatic rings. The van der Waals surface area contributed by atoms with Crippen molar-refractivity contribution in [2.24, 2.45) is 5.84 Å². The first-order chi connectivity index (χ1) is 8.20. The molecule has 0 aliphatic heterocycles. The van der Waals surface area contributed by atoms with Crippen LogP contribution in [0.2, 0.25) is 0 Å². The van der Waals surface area contributed by atoms with Crippen LogP contribution in [0.15, 0.2) is 40.0 Å². The lowest BCUT2D eigenvalue weighted by Crippen LogP contribution is -2.20. The zero-order valence-electron chi connectivity index (χ0n) is 8.80. The minimum Gasteiger partial charge on any atom is -0.309 e. The highest BCUT2D eigenvalue weighted by molar-refractivity contribution is 9.10. The summed E-state index contributed by atoms with van der Waals surface area (Å²) in [6.07, 6.45) is 4.78. The molecule has 7 heteroatoms. The van der Waals surface area contributed by atoms with Gasteiger partial charge in [0.15, 0.2) is 5.82 Å². The fourth-order valence-corrected chi connectivity index (χ4v) is 1.70. The monoisotopic (exact) mass is 295 g/mol. The van der Waals surface area contributed by atoms with Crippen LogP contribution in [0, 0.1) is 0 Å². The van der Waals surface area contributed by atoms with E-state index in [9.17, 15) is 4.79 Å². The van der Waals surface area contributed by atoms with Crippen molar-refractivity contribution in [2.75, 3.05) is 5.43 Å². The molecule has 0 fully saturated rings. The third-order valence-corrected chi connectivity index (χ3v) is 2.76. The SMILES string of the molecule is NNc1cnc(Cn2cccc(Br)c2=O)cn1. The topological polar surface area (TPSA) is 85.8 Å². The zero-order chi connectivity index (χ0) is 12.3. The van der Waals surface area contributed by atoms with Gasteiger partial charge in [-0.2, -0.15) is 0 Å². The molecule has 0 aliphatic carbocycles. The Balaban J connectivity index is 2.25. The Kier molecular flexibility index (Phi) is 3.50. The molecule has 2 heterocycles. The molecule has 0 aromatic carbocycles. The van der Waals surface area contributed by atoms with Crippen molar-refractivity contribution >= 4 is 21.7 Å². The second-order valence-electron chi connectivity index (χ2n) is 3.33. The first-order valence-electron chi connectivity index (χ1n) is 4.83. The average Bonchev–Trinajstić information content (AvgIpc) is 2.36. The molecule has 0 saturated heterocycles. The second kappa shape index (κ2) is 5.07. The molecule has 88 valence electrons. The molecule has 0 atom stereocenters. The second-order valence-corrected chi connectivity index (χ2v) is 4.18. The fraction of sp³-hybridized carbons (Fsp3) is 0.100. The van der Waals surface area contributed by atoms with Crippen LogP contribution in [0.3, 0.4) is 0 Å². The number of anilines is 1. The third-order valence-electron chi connectivity index (χ3n) is 2.16. The Morgan fingerprint density at radius 2 is 2.24 bits per heavy atom. The Bertz CT molecular complexity index is 566. The van der Waals surface area contributed by atoms with Gasteiger partial charge in [0.25, 0.3) is 5.56 Å². The van der Waals surface area contributed by atoms with E-state index in [0.29, 0.717) is 22.5 Å². The molecule has 0 saturated carbocycles. The number of nitrogens with two attached hydrogens (primary N) is 1. The van der Waals surface area contributed by atoms with Crippen molar-refractivity contribution in [3.8, 4) is 0 Å². The number of rotatable bonds is 3. The molecule has 0 radical (unpaired) electrons. The van der Waals surface area contributed by atoms with Crippen LogP contribution in [-0.4, -0.2) is 14.5 Å². The number of nitrogens with one attached hydrogen (secondary N) is 1. The van der Waals surface area contributed by atoms with Gasteiger partial charge in [0, 0.05) is 6.20 Å². The average molecular weight is 296 g/mol. The van der Waals surface area contributed by atoms with Gasteiger partial charge in [-0.25, -0.2) is 10.8 Å². The van der Waals surface area contributed by atoms with E-state index < -0.39 is 0 Å². The van der Waals surface area contributed by atoms with E-state index in [1.807, 2.05) is 0 Å². The van der Waals surface area contributed by atoms with E-state index in [1.54, 1.807) is 29.1 Å². The van der Waals surface area contributed by atoms with Crippen LogP contribution >= 0.6 is 15.9 Å². The van der Waals surface area contributed by atoms with E-state index in [4.69, 9.17) is 5.84 Å². The first kappa shape index (κ1) is 11.7. The summed E-state index contributed by atoms with van der Waals surface area (Å²) in [5.74, 6) is 5.66. The molecule has 6 nitrogen and oxygen atoms in total. The summed E-state index contributed by atoms with van der Waals surface area (Å²) < 4.78 is 2.07. The maximum atomic E-state index is 11.7. The van der Waals surface area contributed by atoms with E-state index in [2.05, 4.69) is 31.3 Å². The van der Waals surface area contributed by atoms with Crippen molar-refractivity contribution in [3.05, 3.63) is 51.2 Å². The number of nitrogen functional groups attached to an aromatic ring is 1. The Morgan fingerprint density at radius 1 is 1.41 bits per heavy atom. The predicted molar refractivity (Wildman–Crippen MR) is 67.3 cm³/mol. The summed E-state index contributed by atoms with van der Waals surface area (Å²) in [6.45, 7) is 0.371. The van der Waals surface area contributed by atoms with Crippen LogP contribution in [0.25, 0.3) is 0 Å². The van der Waals surface area contributed by atoms with Gasteiger partial charge < -0.3 is 9.99 Å². The summed E-state index contributed by atoms with van der Waals surface area (Å²) >= 11 is 3.19. The minimum absolute atomic E-state index is 0.102.